The number of rotatable bonds is 14. The maximum absolute atomic E-state index is 14.3. The van der Waals surface area contributed by atoms with Gasteiger partial charge in [0.2, 0.25) is 11.8 Å². The highest BCUT2D eigenvalue weighted by Crippen LogP contribution is 2.29. The molecule has 46 heavy (non-hydrogen) atoms. The Morgan fingerprint density at radius 2 is 1.35 bits per heavy atom. The van der Waals surface area contributed by atoms with Crippen molar-refractivity contribution in [3.05, 3.63) is 120 Å². The van der Waals surface area contributed by atoms with E-state index < -0.39 is 28.5 Å². The number of carbonyl (C=O) groups is 2. The van der Waals surface area contributed by atoms with Crippen LogP contribution in [0, 0.1) is 19.8 Å². The van der Waals surface area contributed by atoms with Gasteiger partial charge in [0.15, 0.2) is 0 Å². The summed E-state index contributed by atoms with van der Waals surface area (Å²) in [5, 5.41) is 2.96. The van der Waals surface area contributed by atoms with E-state index in [-0.39, 0.29) is 23.3 Å². The molecule has 0 fully saturated rings. The summed E-state index contributed by atoms with van der Waals surface area (Å²) in [6.07, 6.45) is 0.359. The summed E-state index contributed by atoms with van der Waals surface area (Å²) in [5.41, 5.74) is 3.11. The van der Waals surface area contributed by atoms with Crippen LogP contribution in [0.5, 0.6) is 11.5 Å². The first-order valence-electron chi connectivity index (χ1n) is 15.5. The predicted molar refractivity (Wildman–Crippen MR) is 182 cm³/mol. The molecule has 1 atom stereocenters. The van der Waals surface area contributed by atoms with Crippen molar-refractivity contribution in [2.24, 2.45) is 5.92 Å². The number of benzene rings is 4. The number of carbonyl (C=O) groups excluding carboxylic acids is 2. The number of nitrogens with zero attached hydrogens (tertiary/aromatic N) is 2. The van der Waals surface area contributed by atoms with Crippen molar-refractivity contribution in [2.45, 2.75) is 58.5 Å². The first-order chi connectivity index (χ1) is 22.0. The van der Waals surface area contributed by atoms with Gasteiger partial charge in [-0.2, -0.15) is 0 Å². The summed E-state index contributed by atoms with van der Waals surface area (Å²) < 4.78 is 35.4. The maximum Gasteiger partial charge on any atom is 0.264 e. The van der Waals surface area contributed by atoms with Crippen molar-refractivity contribution >= 4 is 27.5 Å². The van der Waals surface area contributed by atoms with Crippen molar-refractivity contribution in [3.8, 4) is 11.5 Å². The molecule has 0 unspecified atom stereocenters. The zero-order valence-corrected chi connectivity index (χ0v) is 28.0. The number of aryl methyl sites for hydroxylation is 2. The Morgan fingerprint density at radius 3 is 1.91 bits per heavy atom. The molecule has 4 aromatic rings. The van der Waals surface area contributed by atoms with E-state index in [4.69, 9.17) is 4.74 Å². The zero-order valence-electron chi connectivity index (χ0n) is 27.1. The Morgan fingerprint density at radius 1 is 0.783 bits per heavy atom. The van der Waals surface area contributed by atoms with Gasteiger partial charge in [-0.25, -0.2) is 8.42 Å². The first kappa shape index (κ1) is 34.2. The fourth-order valence-corrected chi connectivity index (χ4v) is 6.32. The number of nitrogens with one attached hydrogen (secondary N) is 1. The number of para-hydroxylation sites is 1. The topological polar surface area (TPSA) is 96.0 Å². The van der Waals surface area contributed by atoms with Crippen molar-refractivity contribution in [2.75, 3.05) is 17.4 Å². The molecule has 0 spiro atoms. The molecule has 0 radical (unpaired) electrons. The van der Waals surface area contributed by atoms with Gasteiger partial charge in [0.25, 0.3) is 10.0 Å². The average molecular weight is 642 g/mol. The largest absolute Gasteiger partial charge is 0.457 e. The van der Waals surface area contributed by atoms with Gasteiger partial charge in [-0.15, -0.1) is 0 Å². The molecule has 8 nitrogen and oxygen atoms in total. The van der Waals surface area contributed by atoms with Gasteiger partial charge in [0.05, 0.1) is 10.6 Å². The Bertz CT molecular complexity index is 1690. The minimum Gasteiger partial charge on any atom is -0.457 e. The first-order valence-corrected chi connectivity index (χ1v) is 17.0. The summed E-state index contributed by atoms with van der Waals surface area (Å²) in [6.45, 7) is 9.81. The van der Waals surface area contributed by atoms with E-state index in [1.54, 1.807) is 36.4 Å². The Balaban J connectivity index is 1.71. The molecule has 0 aromatic heterocycles. The number of anilines is 1. The third-order valence-corrected chi connectivity index (χ3v) is 9.32. The van der Waals surface area contributed by atoms with Crippen LogP contribution in [0.15, 0.2) is 108 Å². The van der Waals surface area contributed by atoms with Crippen LogP contribution in [0.2, 0.25) is 0 Å². The molecule has 0 heterocycles. The highest BCUT2D eigenvalue weighted by atomic mass is 32.2. The van der Waals surface area contributed by atoms with Crippen LogP contribution in [-0.2, 0) is 26.2 Å². The maximum atomic E-state index is 14.3. The quantitative estimate of drug-likeness (QED) is 0.162. The summed E-state index contributed by atoms with van der Waals surface area (Å²) in [7, 11) is -4.18. The van der Waals surface area contributed by atoms with E-state index in [1.807, 2.05) is 89.2 Å². The molecule has 242 valence electrons. The van der Waals surface area contributed by atoms with Crippen LogP contribution in [0.1, 0.15) is 43.9 Å². The van der Waals surface area contributed by atoms with E-state index >= 15 is 0 Å². The second kappa shape index (κ2) is 15.6. The number of amides is 2. The van der Waals surface area contributed by atoms with Gasteiger partial charge >= 0.3 is 0 Å². The fraction of sp³-hybridized carbons (Fsp3) is 0.297. The SMILES string of the molecule is CC[C@H](C(=O)NCC(C)C)N(Cc1ccc(C)cc1)C(=O)CN(c1ccc(Oc2ccccc2)cc1)S(=O)(=O)c1ccc(C)cc1. The number of ether oxygens (including phenoxy) is 1. The monoisotopic (exact) mass is 641 g/mol. The fourth-order valence-electron chi connectivity index (χ4n) is 4.90. The molecule has 0 aliphatic heterocycles. The van der Waals surface area contributed by atoms with Gasteiger partial charge in [-0.3, -0.25) is 13.9 Å². The third kappa shape index (κ3) is 8.97. The average Bonchev–Trinajstić information content (AvgIpc) is 3.04. The lowest BCUT2D eigenvalue weighted by Crippen LogP contribution is -2.52. The van der Waals surface area contributed by atoms with Gasteiger partial charge < -0.3 is 15.0 Å². The molecule has 2 amide bonds. The predicted octanol–water partition coefficient (Wildman–Crippen LogP) is 6.87. The van der Waals surface area contributed by atoms with E-state index in [2.05, 4.69) is 5.32 Å². The summed E-state index contributed by atoms with van der Waals surface area (Å²) in [5.74, 6) is 0.622. The number of hydrogen-bond acceptors (Lipinski definition) is 5. The standard InChI is InChI=1S/C37H43N3O5S/c1-6-35(37(42)38-24-27(2)3)39(25-30-16-12-28(4)13-17-30)36(41)26-40(46(43,44)34-22-14-29(5)15-23-34)31-18-20-33(21-19-31)45-32-10-8-7-9-11-32/h7-23,27,35H,6,24-26H2,1-5H3,(H,38,42)/t35-/m1/s1. The molecule has 0 saturated heterocycles. The Hall–Kier alpha value is -4.63. The van der Waals surface area contributed by atoms with E-state index in [0.717, 1.165) is 21.0 Å². The van der Waals surface area contributed by atoms with Gasteiger partial charge in [0, 0.05) is 13.1 Å². The highest BCUT2D eigenvalue weighted by Gasteiger charge is 2.33. The third-order valence-electron chi connectivity index (χ3n) is 7.54. The van der Waals surface area contributed by atoms with E-state index in [9.17, 15) is 18.0 Å². The highest BCUT2D eigenvalue weighted by molar-refractivity contribution is 7.92. The van der Waals surface area contributed by atoms with Crippen molar-refractivity contribution in [3.63, 3.8) is 0 Å². The lowest BCUT2D eigenvalue weighted by molar-refractivity contribution is -0.140. The second-order valence-corrected chi connectivity index (χ2v) is 13.7. The summed E-state index contributed by atoms with van der Waals surface area (Å²) >= 11 is 0. The molecule has 4 rings (SSSR count). The van der Waals surface area contributed by atoms with Crippen LogP contribution in [-0.4, -0.2) is 44.3 Å². The van der Waals surface area contributed by atoms with Crippen LogP contribution in [0.4, 0.5) is 5.69 Å². The second-order valence-electron chi connectivity index (χ2n) is 11.8. The van der Waals surface area contributed by atoms with Crippen molar-refractivity contribution in [1.82, 2.24) is 10.2 Å². The van der Waals surface area contributed by atoms with Crippen LogP contribution < -0.4 is 14.4 Å². The van der Waals surface area contributed by atoms with Gasteiger partial charge in [-0.1, -0.05) is 86.5 Å². The molecule has 9 heteroatoms. The Kier molecular flexibility index (Phi) is 11.6. The van der Waals surface area contributed by atoms with Gasteiger partial charge in [-0.05, 0) is 80.3 Å². The molecule has 0 saturated carbocycles. The minimum atomic E-state index is -4.18. The summed E-state index contributed by atoms with van der Waals surface area (Å²) in [4.78, 5) is 29.3. The number of sulfonamides is 1. The lowest BCUT2D eigenvalue weighted by Gasteiger charge is -2.33. The van der Waals surface area contributed by atoms with E-state index in [0.29, 0.717) is 30.2 Å². The van der Waals surface area contributed by atoms with Gasteiger partial charge in [0.1, 0.15) is 24.1 Å². The molecule has 0 aliphatic carbocycles. The van der Waals surface area contributed by atoms with Crippen molar-refractivity contribution in [1.29, 1.82) is 0 Å². The van der Waals surface area contributed by atoms with Crippen LogP contribution in [0.25, 0.3) is 0 Å². The molecule has 0 aliphatic rings. The van der Waals surface area contributed by atoms with Crippen LogP contribution >= 0.6 is 0 Å². The normalized spacial score (nSPS) is 12.0. The molecule has 1 N–H and O–H groups in total. The van der Waals surface area contributed by atoms with Crippen LogP contribution in [0.3, 0.4) is 0 Å². The van der Waals surface area contributed by atoms with E-state index in [1.165, 1.54) is 17.0 Å². The molecule has 0 bridgehead atoms. The molecule has 4 aromatic carbocycles. The van der Waals surface area contributed by atoms with Crippen molar-refractivity contribution < 1.29 is 22.7 Å². The number of hydrogen-bond donors (Lipinski definition) is 1. The summed E-state index contributed by atoms with van der Waals surface area (Å²) in [6, 6.07) is 29.3. The lowest BCUT2D eigenvalue weighted by atomic mass is 10.1. The molecular formula is C37H43N3O5S. The smallest absolute Gasteiger partial charge is 0.264 e. The Labute approximate surface area is 273 Å². The zero-order chi connectivity index (χ0) is 33.3. The molecular weight excluding hydrogens is 598 g/mol. The minimum absolute atomic E-state index is 0.0577.